The van der Waals surface area contributed by atoms with Gasteiger partial charge in [0.25, 0.3) is 0 Å². The van der Waals surface area contributed by atoms with E-state index in [0.717, 1.165) is 5.75 Å². The minimum Gasteiger partial charge on any atom is -0.496 e. The number of methoxy groups -OCH3 is 1. The Morgan fingerprint density at radius 2 is 1.68 bits per heavy atom. The lowest BCUT2D eigenvalue weighted by molar-refractivity contribution is 0.418. The first kappa shape index (κ1) is 13.9. The van der Waals surface area contributed by atoms with Crippen LogP contribution in [0, 0.1) is 0 Å². The summed E-state index contributed by atoms with van der Waals surface area (Å²) in [6.07, 6.45) is 0. The number of ether oxygens (including phenoxy) is 1. The molecular weight excluding hydrogens is 232 g/mol. The molecule has 0 saturated heterocycles. The van der Waals surface area contributed by atoms with E-state index in [1.54, 1.807) is 7.11 Å². The maximum absolute atomic E-state index is 5.60. The van der Waals surface area contributed by atoms with Gasteiger partial charge < -0.3 is 4.74 Å². The molecule has 0 spiro atoms. The van der Waals surface area contributed by atoms with Crippen molar-refractivity contribution in [1.82, 2.24) is 0 Å². The van der Waals surface area contributed by atoms with Crippen LogP contribution in [0.3, 0.4) is 0 Å². The van der Waals surface area contributed by atoms with Gasteiger partial charge in [0.05, 0.1) is 7.11 Å². The molecule has 0 aromatic heterocycles. The molecule has 2 aromatic carbocycles. The van der Waals surface area contributed by atoms with Crippen LogP contribution in [-0.2, 0) is 5.41 Å². The second-order valence-corrected chi connectivity index (χ2v) is 6.56. The molecule has 2 aromatic rings. The van der Waals surface area contributed by atoms with Crippen LogP contribution >= 0.6 is 0 Å². The van der Waals surface area contributed by atoms with Gasteiger partial charge in [0, 0.05) is 5.39 Å². The third-order valence-electron chi connectivity index (χ3n) is 3.69. The predicted molar refractivity (Wildman–Crippen MR) is 83.3 cm³/mol. The SMILES string of the molecule is COc1cc(C(C)(C)C)cc2ccc(C(C)C)cc12. The second-order valence-electron chi connectivity index (χ2n) is 6.56. The zero-order chi connectivity index (χ0) is 14.2. The van der Waals surface area contributed by atoms with Crippen LogP contribution in [0.15, 0.2) is 30.3 Å². The van der Waals surface area contributed by atoms with Crippen LogP contribution in [-0.4, -0.2) is 7.11 Å². The highest BCUT2D eigenvalue weighted by Crippen LogP contribution is 2.34. The van der Waals surface area contributed by atoms with Gasteiger partial charge in [-0.1, -0.05) is 52.8 Å². The second kappa shape index (κ2) is 4.88. The van der Waals surface area contributed by atoms with Crippen molar-refractivity contribution in [2.24, 2.45) is 0 Å². The number of hydrogen-bond donors (Lipinski definition) is 0. The smallest absolute Gasteiger partial charge is 0.126 e. The van der Waals surface area contributed by atoms with E-state index < -0.39 is 0 Å². The average Bonchev–Trinajstić information content (AvgIpc) is 2.35. The fourth-order valence-corrected chi connectivity index (χ4v) is 2.30. The molecule has 0 amide bonds. The van der Waals surface area contributed by atoms with Crippen molar-refractivity contribution in [2.45, 2.75) is 46.0 Å². The zero-order valence-corrected chi connectivity index (χ0v) is 12.9. The fourth-order valence-electron chi connectivity index (χ4n) is 2.30. The summed E-state index contributed by atoms with van der Waals surface area (Å²) in [5, 5.41) is 2.47. The van der Waals surface area contributed by atoms with Crippen molar-refractivity contribution in [3.05, 3.63) is 41.5 Å². The first-order valence-electron chi connectivity index (χ1n) is 6.95. The van der Waals surface area contributed by atoms with E-state index >= 15 is 0 Å². The monoisotopic (exact) mass is 256 g/mol. The molecule has 0 saturated carbocycles. The van der Waals surface area contributed by atoms with Gasteiger partial charge in [0.15, 0.2) is 0 Å². The number of fused-ring (bicyclic) bond motifs is 1. The Balaban J connectivity index is 2.70. The largest absolute Gasteiger partial charge is 0.496 e. The van der Waals surface area contributed by atoms with E-state index in [4.69, 9.17) is 4.74 Å². The van der Waals surface area contributed by atoms with Crippen molar-refractivity contribution >= 4 is 10.8 Å². The average molecular weight is 256 g/mol. The summed E-state index contributed by atoms with van der Waals surface area (Å²) in [4.78, 5) is 0. The zero-order valence-electron chi connectivity index (χ0n) is 12.9. The quantitative estimate of drug-likeness (QED) is 0.711. The Morgan fingerprint density at radius 3 is 2.21 bits per heavy atom. The van der Waals surface area contributed by atoms with Crippen molar-refractivity contribution in [3.63, 3.8) is 0 Å². The Morgan fingerprint density at radius 1 is 1.00 bits per heavy atom. The molecule has 2 rings (SSSR count). The lowest BCUT2D eigenvalue weighted by atomic mass is 9.85. The molecule has 0 unspecified atom stereocenters. The lowest BCUT2D eigenvalue weighted by Crippen LogP contribution is -2.11. The highest BCUT2D eigenvalue weighted by atomic mass is 16.5. The van der Waals surface area contributed by atoms with Gasteiger partial charge in [-0.3, -0.25) is 0 Å². The molecular formula is C18H24O. The summed E-state index contributed by atoms with van der Waals surface area (Å²) < 4.78 is 5.60. The molecule has 1 heteroatoms. The predicted octanol–water partition coefficient (Wildman–Crippen LogP) is 5.27. The van der Waals surface area contributed by atoms with E-state index in [0.29, 0.717) is 5.92 Å². The van der Waals surface area contributed by atoms with Crippen molar-refractivity contribution in [3.8, 4) is 5.75 Å². The molecule has 0 atom stereocenters. The Bertz CT molecular complexity index is 588. The van der Waals surface area contributed by atoms with Crippen molar-refractivity contribution < 1.29 is 4.74 Å². The number of rotatable bonds is 2. The summed E-state index contributed by atoms with van der Waals surface area (Å²) in [5.41, 5.74) is 2.81. The first-order chi connectivity index (χ1) is 8.82. The van der Waals surface area contributed by atoms with Crippen molar-refractivity contribution in [2.75, 3.05) is 7.11 Å². The highest BCUT2D eigenvalue weighted by Gasteiger charge is 2.16. The molecule has 0 fully saturated rings. The van der Waals surface area contributed by atoms with E-state index in [9.17, 15) is 0 Å². The third kappa shape index (κ3) is 2.75. The van der Waals surface area contributed by atoms with Gasteiger partial charge in [-0.15, -0.1) is 0 Å². The summed E-state index contributed by atoms with van der Waals surface area (Å²) in [6, 6.07) is 11.1. The van der Waals surface area contributed by atoms with E-state index in [-0.39, 0.29) is 5.41 Å². The summed E-state index contributed by atoms with van der Waals surface area (Å²) in [5.74, 6) is 1.52. The summed E-state index contributed by atoms with van der Waals surface area (Å²) >= 11 is 0. The third-order valence-corrected chi connectivity index (χ3v) is 3.69. The molecule has 0 radical (unpaired) electrons. The minimum atomic E-state index is 0.137. The van der Waals surface area contributed by atoms with Gasteiger partial charge >= 0.3 is 0 Å². The standard InChI is InChI=1S/C18H24O/c1-12(2)13-7-8-14-9-15(18(3,4)5)11-17(19-6)16(14)10-13/h7-12H,1-6H3. The van der Waals surface area contributed by atoms with Gasteiger partial charge in [0.2, 0.25) is 0 Å². The summed E-state index contributed by atoms with van der Waals surface area (Å²) in [6.45, 7) is 11.1. The van der Waals surface area contributed by atoms with Gasteiger partial charge in [0.1, 0.15) is 5.75 Å². The number of hydrogen-bond acceptors (Lipinski definition) is 1. The molecule has 0 aliphatic heterocycles. The molecule has 19 heavy (non-hydrogen) atoms. The maximum Gasteiger partial charge on any atom is 0.126 e. The van der Waals surface area contributed by atoms with Crippen LogP contribution in [0.2, 0.25) is 0 Å². The van der Waals surface area contributed by atoms with Crippen LogP contribution in [0.5, 0.6) is 5.75 Å². The van der Waals surface area contributed by atoms with Gasteiger partial charge in [-0.25, -0.2) is 0 Å². The Hall–Kier alpha value is -1.50. The van der Waals surface area contributed by atoms with Crippen LogP contribution in [0.4, 0.5) is 0 Å². The van der Waals surface area contributed by atoms with Gasteiger partial charge in [-0.05, 0) is 40.0 Å². The topological polar surface area (TPSA) is 9.23 Å². The summed E-state index contributed by atoms with van der Waals surface area (Å²) in [7, 11) is 1.75. The maximum atomic E-state index is 5.60. The number of benzene rings is 2. The first-order valence-corrected chi connectivity index (χ1v) is 6.95. The lowest BCUT2D eigenvalue weighted by Gasteiger charge is -2.21. The molecule has 0 aliphatic rings. The van der Waals surface area contributed by atoms with Crippen LogP contribution in [0.25, 0.3) is 10.8 Å². The van der Waals surface area contributed by atoms with E-state index in [1.807, 2.05) is 0 Å². The fraction of sp³-hybridized carbons (Fsp3) is 0.444. The molecule has 0 N–H and O–H groups in total. The molecule has 102 valence electrons. The molecule has 0 heterocycles. The Kier molecular flexibility index (Phi) is 3.58. The van der Waals surface area contributed by atoms with Crippen LogP contribution < -0.4 is 4.74 Å². The molecule has 1 nitrogen and oxygen atoms in total. The molecule has 0 aliphatic carbocycles. The van der Waals surface area contributed by atoms with Crippen LogP contribution in [0.1, 0.15) is 51.7 Å². The normalized spacial score (nSPS) is 12.2. The minimum absolute atomic E-state index is 0.137. The van der Waals surface area contributed by atoms with E-state index in [2.05, 4.69) is 65.0 Å². The van der Waals surface area contributed by atoms with Gasteiger partial charge in [-0.2, -0.15) is 0 Å². The highest BCUT2D eigenvalue weighted by molar-refractivity contribution is 5.90. The van der Waals surface area contributed by atoms with Crippen molar-refractivity contribution in [1.29, 1.82) is 0 Å². The molecule has 0 bridgehead atoms. The Labute approximate surface area is 116 Å². The van der Waals surface area contributed by atoms with E-state index in [1.165, 1.54) is 21.9 Å².